The molecule has 1 amide bonds. The van der Waals surface area contributed by atoms with Crippen molar-refractivity contribution < 1.29 is 34.8 Å². The predicted octanol–water partition coefficient (Wildman–Crippen LogP) is 5.38. The van der Waals surface area contributed by atoms with Crippen LogP contribution in [-0.2, 0) is 26.4 Å². The van der Waals surface area contributed by atoms with Crippen LogP contribution in [0.15, 0.2) is 77.2 Å². The molecule has 16 heteroatoms. The number of sulfone groups is 1. The van der Waals surface area contributed by atoms with Crippen molar-refractivity contribution in [3.63, 3.8) is 0 Å². The summed E-state index contributed by atoms with van der Waals surface area (Å²) < 4.78 is 88.3. The molecule has 4 aromatic heterocycles. The number of amides is 1. The van der Waals surface area contributed by atoms with Gasteiger partial charge in [0.05, 0.1) is 51.5 Å². The largest absolute Gasteiger partial charge is 0.455 e. The van der Waals surface area contributed by atoms with Crippen LogP contribution in [0.5, 0.6) is 0 Å². The molecule has 1 N–H and O–H groups in total. The fourth-order valence-corrected chi connectivity index (χ4v) is 8.35. The maximum atomic E-state index is 15.2. The Morgan fingerprint density at radius 3 is 2.36 bits per heavy atom. The molecule has 0 saturated carbocycles. The number of nitrogens with zero attached hydrogens (tertiary/aromatic N) is 5. The van der Waals surface area contributed by atoms with Gasteiger partial charge in [-0.1, -0.05) is 6.07 Å². The highest BCUT2D eigenvalue weighted by molar-refractivity contribution is 7.92. The number of hydrogen-bond acceptors (Lipinski definition) is 9. The molecule has 272 valence electrons. The van der Waals surface area contributed by atoms with Gasteiger partial charge in [-0.3, -0.25) is 18.4 Å². The quantitative estimate of drug-likeness (QED) is 0.216. The van der Waals surface area contributed by atoms with Crippen molar-refractivity contribution in [2.24, 2.45) is 0 Å². The van der Waals surface area contributed by atoms with Crippen LogP contribution in [0.1, 0.15) is 16.2 Å². The van der Waals surface area contributed by atoms with Crippen molar-refractivity contribution in [3.8, 4) is 22.6 Å². The van der Waals surface area contributed by atoms with E-state index < -0.39 is 42.7 Å². The minimum atomic E-state index is -3.82. The predicted molar refractivity (Wildman–Crippen MR) is 199 cm³/mol. The lowest BCUT2D eigenvalue weighted by Crippen LogP contribution is -2.53. The molecule has 7 aromatic rings. The van der Waals surface area contributed by atoms with Crippen LogP contribution < -0.4 is 9.62 Å². The van der Waals surface area contributed by atoms with Crippen molar-refractivity contribution in [1.29, 1.82) is 0 Å². The molecule has 1 fully saturated rings. The third-order valence-corrected chi connectivity index (χ3v) is 12.5. The van der Waals surface area contributed by atoms with E-state index in [4.69, 9.17) is 14.4 Å². The van der Waals surface area contributed by atoms with Gasteiger partial charge in [-0.25, -0.2) is 35.6 Å². The van der Waals surface area contributed by atoms with Crippen LogP contribution in [0.3, 0.4) is 0 Å². The Morgan fingerprint density at radius 1 is 0.943 bits per heavy atom. The second-order valence-corrected chi connectivity index (χ2v) is 17.6. The van der Waals surface area contributed by atoms with E-state index in [1.165, 1.54) is 56.7 Å². The molecule has 12 nitrogen and oxygen atoms in total. The van der Waals surface area contributed by atoms with Gasteiger partial charge in [-0.2, -0.15) is 0 Å². The third kappa shape index (κ3) is 5.86. The van der Waals surface area contributed by atoms with E-state index in [2.05, 4.69) is 5.32 Å². The number of halogens is 2. The summed E-state index contributed by atoms with van der Waals surface area (Å²) in [6.45, 7) is 0.997. The number of carbonyl (C=O) groups excluding carboxylic acids is 1. The Hall–Kier alpha value is -5.45. The van der Waals surface area contributed by atoms with Crippen molar-refractivity contribution >= 4 is 69.9 Å². The van der Waals surface area contributed by atoms with Gasteiger partial charge in [0.1, 0.15) is 34.3 Å². The van der Waals surface area contributed by atoms with E-state index in [-0.39, 0.29) is 22.6 Å². The smallest absolute Gasteiger partial charge is 0.255 e. The average molecular weight is 759 g/mol. The summed E-state index contributed by atoms with van der Waals surface area (Å²) in [5.74, 6) is -0.654. The van der Waals surface area contributed by atoms with E-state index >= 15 is 4.39 Å². The Labute approximate surface area is 302 Å². The lowest BCUT2D eigenvalue weighted by molar-refractivity contribution is 0.0964. The maximum absolute atomic E-state index is 15.2. The van der Waals surface area contributed by atoms with Crippen LogP contribution in [-0.4, -0.2) is 87.0 Å². The summed E-state index contributed by atoms with van der Waals surface area (Å²) in [4.78, 5) is 25.3. The first-order valence-corrected chi connectivity index (χ1v) is 20.3. The van der Waals surface area contributed by atoms with Gasteiger partial charge < -0.3 is 9.73 Å². The molecule has 0 spiro atoms. The lowest BCUT2D eigenvalue weighted by Gasteiger charge is -2.37. The minimum Gasteiger partial charge on any atom is -0.455 e. The Balaban J connectivity index is 1.36. The van der Waals surface area contributed by atoms with Gasteiger partial charge in [0.25, 0.3) is 5.91 Å². The van der Waals surface area contributed by atoms with Crippen LogP contribution in [0, 0.1) is 11.6 Å². The van der Waals surface area contributed by atoms with E-state index in [0.717, 1.165) is 10.6 Å². The van der Waals surface area contributed by atoms with Crippen molar-refractivity contribution in [1.82, 2.24) is 24.6 Å². The number of sulfonamides is 1. The number of benzene rings is 3. The van der Waals surface area contributed by atoms with Gasteiger partial charge in [-0.15, -0.1) is 0 Å². The van der Waals surface area contributed by atoms with Crippen molar-refractivity contribution in [2.45, 2.75) is 11.8 Å². The normalized spacial score (nSPS) is 14.4. The molecule has 1 aliphatic heterocycles. The highest BCUT2D eigenvalue weighted by atomic mass is 32.2. The highest BCUT2D eigenvalue weighted by Crippen LogP contribution is 2.42. The standard InChI is InChI=1S/C37H32F2N6O6S2/c1-40-37(46)34-25-14-24(30(43(2)53(4,49)50)16-32(25)51-36(34)20-8-10-21(38)11-9-20)27-12-13-28-35(42-27)31-15-23-26(39)6-5-7-29(23)45(31)33(41-28)19-44-17-22(18-44)52(3,47)48/h5-16,22H,17-19H2,1-4H3,(H,40,46). The van der Waals surface area contributed by atoms with Crippen LogP contribution in [0.25, 0.3) is 61.0 Å². The summed E-state index contributed by atoms with van der Waals surface area (Å²) in [5.41, 5.74) is 3.67. The second-order valence-electron chi connectivity index (χ2n) is 13.3. The molecule has 0 atom stereocenters. The molecule has 0 aliphatic carbocycles. The number of hydrogen-bond donors (Lipinski definition) is 1. The summed E-state index contributed by atoms with van der Waals surface area (Å²) in [5, 5.41) is 2.87. The molecular formula is C37H32F2N6O6S2. The van der Waals surface area contributed by atoms with Gasteiger partial charge in [0.2, 0.25) is 10.0 Å². The van der Waals surface area contributed by atoms with Gasteiger partial charge in [0.15, 0.2) is 9.84 Å². The zero-order valence-electron chi connectivity index (χ0n) is 28.9. The summed E-state index contributed by atoms with van der Waals surface area (Å²) in [6, 6.07) is 18.5. The first-order chi connectivity index (χ1) is 25.1. The molecule has 0 bridgehead atoms. The van der Waals surface area contributed by atoms with Crippen LogP contribution >= 0.6 is 0 Å². The maximum Gasteiger partial charge on any atom is 0.255 e. The zero-order chi connectivity index (χ0) is 37.6. The monoisotopic (exact) mass is 758 g/mol. The van der Waals surface area contributed by atoms with Crippen LogP contribution in [0.4, 0.5) is 14.5 Å². The first-order valence-electron chi connectivity index (χ1n) is 16.5. The molecule has 53 heavy (non-hydrogen) atoms. The third-order valence-electron chi connectivity index (χ3n) is 9.79. The number of fused-ring (bicyclic) bond motifs is 6. The molecule has 5 heterocycles. The van der Waals surface area contributed by atoms with Gasteiger partial charge in [0, 0.05) is 61.4 Å². The van der Waals surface area contributed by atoms with E-state index in [0.29, 0.717) is 75.1 Å². The number of pyridine rings is 1. The summed E-state index contributed by atoms with van der Waals surface area (Å²) in [6.07, 6.45) is 2.28. The Bertz CT molecular complexity index is 2890. The Kier molecular flexibility index (Phi) is 8.05. The molecule has 0 radical (unpaired) electrons. The van der Waals surface area contributed by atoms with Crippen LogP contribution in [0.2, 0.25) is 0 Å². The topological polar surface area (TPSA) is 147 Å². The number of rotatable bonds is 8. The van der Waals surface area contributed by atoms with E-state index in [9.17, 15) is 26.0 Å². The second kappa shape index (κ2) is 12.3. The molecule has 1 saturated heterocycles. The van der Waals surface area contributed by atoms with Crippen molar-refractivity contribution in [2.75, 3.05) is 44.0 Å². The fraction of sp³-hybridized carbons (Fsp3) is 0.216. The summed E-state index contributed by atoms with van der Waals surface area (Å²) >= 11 is 0. The first kappa shape index (κ1) is 34.6. The number of likely N-dealkylation sites (tertiary alicyclic amines) is 1. The minimum absolute atomic E-state index is 0.163. The number of anilines is 1. The molecule has 1 aliphatic rings. The lowest BCUT2D eigenvalue weighted by atomic mass is 10.0. The molecule has 0 unspecified atom stereocenters. The number of aromatic nitrogens is 3. The van der Waals surface area contributed by atoms with Gasteiger partial charge in [-0.05, 0) is 60.7 Å². The van der Waals surface area contributed by atoms with Gasteiger partial charge >= 0.3 is 0 Å². The molecular weight excluding hydrogens is 727 g/mol. The number of nitrogens with one attached hydrogen (secondary N) is 1. The summed E-state index contributed by atoms with van der Waals surface area (Å²) in [7, 11) is -4.16. The Morgan fingerprint density at radius 2 is 1.68 bits per heavy atom. The highest BCUT2D eigenvalue weighted by Gasteiger charge is 2.35. The fourth-order valence-electron chi connectivity index (χ4n) is 6.88. The zero-order valence-corrected chi connectivity index (χ0v) is 30.5. The molecule has 8 rings (SSSR count). The van der Waals surface area contributed by atoms with Crippen molar-refractivity contribution in [3.05, 3.63) is 95.8 Å². The van der Waals surface area contributed by atoms with E-state index in [1.54, 1.807) is 36.4 Å². The van der Waals surface area contributed by atoms with E-state index in [1.807, 2.05) is 9.30 Å². The SMILES string of the molecule is CNC(=O)c1c(-c2ccc(F)cc2)oc2cc(N(C)S(C)(=O)=O)c(-c3ccc4nc(CN5CC(S(C)(=O)=O)C5)n5c6cccc(F)c6cc5c4n3)cc12. The number of carbonyl (C=O) groups is 1. The molecule has 3 aromatic carbocycles. The average Bonchev–Trinajstić information content (AvgIpc) is 3.68. The number of furan rings is 1.